The zero-order valence-corrected chi connectivity index (χ0v) is 14.7. The number of rotatable bonds is 4. The van der Waals surface area contributed by atoms with Gasteiger partial charge in [-0.2, -0.15) is 0 Å². The summed E-state index contributed by atoms with van der Waals surface area (Å²) in [6, 6.07) is 15.0. The van der Waals surface area contributed by atoms with Crippen molar-refractivity contribution in [3.8, 4) is 11.5 Å². The van der Waals surface area contributed by atoms with Gasteiger partial charge in [-0.1, -0.05) is 0 Å². The second-order valence-electron chi connectivity index (χ2n) is 5.60. The van der Waals surface area contributed by atoms with Gasteiger partial charge >= 0.3 is 0 Å². The molecule has 1 aliphatic rings. The molecule has 0 bridgehead atoms. The molecule has 0 unspecified atom stereocenters. The molecule has 2 aromatic carbocycles. The molecule has 0 atom stereocenters. The summed E-state index contributed by atoms with van der Waals surface area (Å²) in [4.78, 5) is 0. The van der Waals surface area contributed by atoms with E-state index in [9.17, 15) is 4.57 Å². The standard InChI is InChI=1S/C19H19O4P/c1-21-16-8-4-14(5-9-16)18-12-24(3,20)13-19(23-18)15-6-10-17(22-2)11-7-15/h4-13H,1-3H3. The fraction of sp³-hybridized carbons (Fsp3) is 0.158. The summed E-state index contributed by atoms with van der Waals surface area (Å²) in [5.74, 6) is 6.11. The predicted molar refractivity (Wildman–Crippen MR) is 96.6 cm³/mol. The van der Waals surface area contributed by atoms with Crippen molar-refractivity contribution < 1.29 is 18.8 Å². The SMILES string of the molecule is COc1ccc(C2=CP(C)(=O)C=C(c3ccc(OC)cc3)O2)cc1. The van der Waals surface area contributed by atoms with Crippen molar-refractivity contribution in [1.29, 1.82) is 0 Å². The minimum Gasteiger partial charge on any atom is -0.497 e. The van der Waals surface area contributed by atoms with Gasteiger partial charge in [0, 0.05) is 22.8 Å². The molecule has 0 radical (unpaired) electrons. The first-order chi connectivity index (χ1) is 11.5. The second-order valence-corrected chi connectivity index (χ2v) is 8.24. The van der Waals surface area contributed by atoms with Gasteiger partial charge in [-0.05, 0) is 55.2 Å². The van der Waals surface area contributed by atoms with Crippen LogP contribution in [-0.4, -0.2) is 20.9 Å². The Labute approximate surface area is 141 Å². The van der Waals surface area contributed by atoms with E-state index in [-0.39, 0.29) is 0 Å². The molecule has 2 aromatic rings. The van der Waals surface area contributed by atoms with Crippen molar-refractivity contribution in [2.24, 2.45) is 0 Å². The lowest BCUT2D eigenvalue weighted by molar-refractivity contribution is 0.414. The van der Waals surface area contributed by atoms with Crippen molar-refractivity contribution in [2.75, 3.05) is 20.9 Å². The second kappa shape index (κ2) is 6.58. The van der Waals surface area contributed by atoms with Gasteiger partial charge in [0.15, 0.2) is 0 Å². The molecule has 0 N–H and O–H groups in total. The molecule has 0 fully saturated rings. The Morgan fingerprint density at radius 1 is 0.750 bits per heavy atom. The topological polar surface area (TPSA) is 44.8 Å². The van der Waals surface area contributed by atoms with Crippen LogP contribution in [0, 0.1) is 0 Å². The van der Waals surface area contributed by atoms with Gasteiger partial charge in [0.2, 0.25) is 0 Å². The first-order valence-electron chi connectivity index (χ1n) is 7.50. The van der Waals surface area contributed by atoms with E-state index in [4.69, 9.17) is 14.2 Å². The van der Waals surface area contributed by atoms with Crippen LogP contribution in [0.25, 0.3) is 11.5 Å². The van der Waals surface area contributed by atoms with Crippen LogP contribution in [0.3, 0.4) is 0 Å². The van der Waals surface area contributed by atoms with Crippen LogP contribution in [0.1, 0.15) is 11.1 Å². The fourth-order valence-electron chi connectivity index (χ4n) is 2.45. The summed E-state index contributed by atoms with van der Waals surface area (Å²) in [5.41, 5.74) is 1.72. The average molecular weight is 342 g/mol. The molecule has 0 spiro atoms. The highest BCUT2D eigenvalue weighted by molar-refractivity contribution is 7.69. The smallest absolute Gasteiger partial charge is 0.138 e. The predicted octanol–water partition coefficient (Wildman–Crippen LogP) is 5.02. The number of methoxy groups -OCH3 is 2. The monoisotopic (exact) mass is 342 g/mol. The van der Waals surface area contributed by atoms with Crippen LogP contribution in [-0.2, 0) is 9.30 Å². The van der Waals surface area contributed by atoms with Crippen molar-refractivity contribution >= 4 is 18.7 Å². The van der Waals surface area contributed by atoms with E-state index in [1.165, 1.54) is 0 Å². The highest BCUT2D eigenvalue weighted by Gasteiger charge is 2.22. The van der Waals surface area contributed by atoms with Crippen molar-refractivity contribution in [1.82, 2.24) is 0 Å². The summed E-state index contributed by atoms with van der Waals surface area (Å²) in [6.45, 7) is 1.72. The first-order valence-corrected chi connectivity index (χ1v) is 9.79. The summed E-state index contributed by atoms with van der Waals surface area (Å²) >= 11 is 0. The number of hydrogen-bond donors (Lipinski definition) is 0. The van der Waals surface area contributed by atoms with Gasteiger partial charge in [-0.15, -0.1) is 0 Å². The normalized spacial score (nSPS) is 15.8. The molecular formula is C19H19O4P. The Morgan fingerprint density at radius 3 is 1.46 bits per heavy atom. The molecule has 1 heterocycles. The van der Waals surface area contributed by atoms with Crippen LogP contribution in [0.15, 0.2) is 60.2 Å². The third kappa shape index (κ3) is 3.55. The molecule has 0 saturated heterocycles. The Morgan fingerprint density at radius 2 is 1.12 bits per heavy atom. The Balaban J connectivity index is 1.93. The maximum Gasteiger partial charge on any atom is 0.138 e. The van der Waals surface area contributed by atoms with Gasteiger partial charge < -0.3 is 18.8 Å². The maximum atomic E-state index is 12.8. The van der Waals surface area contributed by atoms with Gasteiger partial charge in [-0.25, -0.2) is 0 Å². The van der Waals surface area contributed by atoms with Crippen LogP contribution in [0.2, 0.25) is 0 Å². The molecular weight excluding hydrogens is 323 g/mol. The lowest BCUT2D eigenvalue weighted by atomic mass is 10.1. The molecule has 3 rings (SSSR count). The minimum absolute atomic E-state index is 0.594. The van der Waals surface area contributed by atoms with E-state index in [0.717, 1.165) is 22.6 Å². The first kappa shape index (κ1) is 16.4. The van der Waals surface area contributed by atoms with Gasteiger partial charge in [0.25, 0.3) is 0 Å². The Bertz CT molecular complexity index is 765. The third-order valence-corrected chi connectivity index (χ3v) is 5.21. The molecule has 124 valence electrons. The zero-order valence-electron chi connectivity index (χ0n) is 13.9. The van der Waals surface area contributed by atoms with Crippen LogP contribution in [0.5, 0.6) is 11.5 Å². The van der Waals surface area contributed by atoms with E-state index in [1.54, 1.807) is 32.5 Å². The molecule has 0 aromatic heterocycles. The quantitative estimate of drug-likeness (QED) is 0.732. The van der Waals surface area contributed by atoms with E-state index >= 15 is 0 Å². The number of hydrogen-bond acceptors (Lipinski definition) is 4. The van der Waals surface area contributed by atoms with Crippen molar-refractivity contribution in [3.05, 3.63) is 71.3 Å². The Kier molecular flexibility index (Phi) is 4.50. The highest BCUT2D eigenvalue weighted by Crippen LogP contribution is 2.53. The van der Waals surface area contributed by atoms with E-state index < -0.39 is 7.14 Å². The van der Waals surface area contributed by atoms with Crippen molar-refractivity contribution in [2.45, 2.75) is 0 Å². The molecule has 0 aliphatic carbocycles. The fourth-order valence-corrected chi connectivity index (χ4v) is 3.86. The van der Waals surface area contributed by atoms with Gasteiger partial charge in [-0.3, -0.25) is 0 Å². The van der Waals surface area contributed by atoms with Crippen LogP contribution < -0.4 is 9.47 Å². The average Bonchev–Trinajstić information content (AvgIpc) is 2.60. The molecule has 24 heavy (non-hydrogen) atoms. The van der Waals surface area contributed by atoms with Gasteiger partial charge in [0.1, 0.15) is 30.2 Å². The molecule has 5 heteroatoms. The Hall–Kier alpha value is -2.45. The van der Waals surface area contributed by atoms with E-state index in [1.807, 2.05) is 48.5 Å². The summed E-state index contributed by atoms with van der Waals surface area (Å²) in [5, 5.41) is 0. The zero-order chi connectivity index (χ0) is 17.2. The summed E-state index contributed by atoms with van der Waals surface area (Å²) in [7, 11) is 0.663. The summed E-state index contributed by atoms with van der Waals surface area (Å²) in [6.07, 6.45) is 0. The lowest BCUT2D eigenvalue weighted by Gasteiger charge is -2.21. The maximum absolute atomic E-state index is 12.8. The third-order valence-electron chi connectivity index (χ3n) is 3.72. The molecule has 1 aliphatic heterocycles. The molecule has 0 saturated carbocycles. The highest BCUT2D eigenvalue weighted by atomic mass is 31.2. The van der Waals surface area contributed by atoms with Crippen LogP contribution >= 0.6 is 7.14 Å². The number of benzene rings is 2. The minimum atomic E-state index is -2.58. The summed E-state index contributed by atoms with van der Waals surface area (Å²) < 4.78 is 29.1. The van der Waals surface area contributed by atoms with Gasteiger partial charge in [0.05, 0.1) is 14.2 Å². The number of ether oxygens (including phenoxy) is 3. The van der Waals surface area contributed by atoms with Crippen LogP contribution in [0.4, 0.5) is 0 Å². The molecule has 0 amide bonds. The van der Waals surface area contributed by atoms with E-state index in [0.29, 0.717) is 11.5 Å². The largest absolute Gasteiger partial charge is 0.497 e. The van der Waals surface area contributed by atoms with Crippen molar-refractivity contribution in [3.63, 3.8) is 0 Å². The molecule has 4 nitrogen and oxygen atoms in total. The lowest BCUT2D eigenvalue weighted by Crippen LogP contribution is -1.98. The van der Waals surface area contributed by atoms with E-state index in [2.05, 4.69) is 0 Å².